The lowest BCUT2D eigenvalue weighted by atomic mass is 10.2. The van der Waals surface area contributed by atoms with E-state index in [1.807, 2.05) is 14.1 Å². The van der Waals surface area contributed by atoms with Crippen LogP contribution in [0.25, 0.3) is 0 Å². The topological polar surface area (TPSA) is 79.4 Å². The molecule has 7 nitrogen and oxygen atoms in total. The lowest BCUT2D eigenvalue weighted by molar-refractivity contribution is 0.102. The van der Waals surface area contributed by atoms with Crippen LogP contribution in [0.15, 0.2) is 30.6 Å². The summed E-state index contributed by atoms with van der Waals surface area (Å²) in [6.07, 6.45) is 3.94. The van der Waals surface area contributed by atoms with Gasteiger partial charge >= 0.3 is 0 Å². The van der Waals surface area contributed by atoms with Gasteiger partial charge in [0.2, 0.25) is 5.95 Å². The van der Waals surface area contributed by atoms with Crippen molar-refractivity contribution in [2.45, 2.75) is 6.42 Å². The molecule has 0 radical (unpaired) electrons. The maximum atomic E-state index is 12.3. The molecule has 0 saturated carbocycles. The zero-order valence-corrected chi connectivity index (χ0v) is 15.3. The number of methoxy groups -OCH3 is 1. The van der Waals surface area contributed by atoms with Gasteiger partial charge < -0.3 is 20.3 Å². The number of carbonyl (C=O) groups excluding carboxylic acids is 1. The highest BCUT2D eigenvalue weighted by Gasteiger charge is 2.11. The fourth-order valence-corrected chi connectivity index (χ4v) is 2.28. The van der Waals surface area contributed by atoms with Crippen molar-refractivity contribution in [3.05, 3.63) is 41.2 Å². The fourth-order valence-electron chi connectivity index (χ4n) is 2.10. The minimum absolute atomic E-state index is 0.334. The first-order chi connectivity index (χ1) is 12.0. The van der Waals surface area contributed by atoms with E-state index in [-0.39, 0.29) is 5.91 Å². The first kappa shape index (κ1) is 19.0. The van der Waals surface area contributed by atoms with Crippen LogP contribution in [-0.4, -0.2) is 55.1 Å². The Morgan fingerprint density at radius 2 is 2.00 bits per heavy atom. The Morgan fingerprint density at radius 3 is 2.64 bits per heavy atom. The number of nitrogens with one attached hydrogen (secondary N) is 2. The highest BCUT2D eigenvalue weighted by molar-refractivity contribution is 6.31. The molecule has 1 heterocycles. The van der Waals surface area contributed by atoms with Crippen molar-refractivity contribution >= 4 is 29.1 Å². The smallest absolute Gasteiger partial charge is 0.258 e. The van der Waals surface area contributed by atoms with E-state index in [4.69, 9.17) is 16.3 Å². The van der Waals surface area contributed by atoms with Crippen LogP contribution in [0.4, 0.5) is 11.6 Å². The van der Waals surface area contributed by atoms with Gasteiger partial charge in [-0.05, 0) is 45.3 Å². The number of halogens is 1. The Bertz CT molecular complexity index is 707. The SMILES string of the molecule is COc1ccc(Cl)cc1NC(=O)c1cnc(NCCCN(C)C)nc1. The summed E-state index contributed by atoms with van der Waals surface area (Å²) in [5, 5.41) is 6.38. The molecule has 134 valence electrons. The third-order valence-corrected chi connectivity index (χ3v) is 3.62. The molecule has 2 aromatic rings. The average molecular weight is 364 g/mol. The molecule has 0 saturated heterocycles. The van der Waals surface area contributed by atoms with Crippen LogP contribution < -0.4 is 15.4 Å². The Hall–Kier alpha value is -2.38. The van der Waals surface area contributed by atoms with Crippen LogP contribution in [0.1, 0.15) is 16.8 Å². The van der Waals surface area contributed by atoms with E-state index in [0.29, 0.717) is 28.0 Å². The molecular weight excluding hydrogens is 342 g/mol. The lowest BCUT2D eigenvalue weighted by Crippen LogP contribution is -2.17. The third kappa shape index (κ3) is 5.88. The minimum Gasteiger partial charge on any atom is -0.495 e. The number of aromatic nitrogens is 2. The predicted molar refractivity (Wildman–Crippen MR) is 99.6 cm³/mol. The second-order valence-electron chi connectivity index (χ2n) is 5.68. The quantitative estimate of drug-likeness (QED) is 0.702. The molecule has 1 amide bonds. The van der Waals surface area contributed by atoms with E-state index in [0.717, 1.165) is 19.5 Å². The van der Waals surface area contributed by atoms with Gasteiger partial charge in [0.25, 0.3) is 5.91 Å². The van der Waals surface area contributed by atoms with Gasteiger partial charge in [0, 0.05) is 24.0 Å². The number of nitrogens with zero attached hydrogens (tertiary/aromatic N) is 3. The molecule has 8 heteroatoms. The van der Waals surface area contributed by atoms with Gasteiger partial charge in [-0.3, -0.25) is 4.79 Å². The molecule has 0 aliphatic rings. The van der Waals surface area contributed by atoms with E-state index in [2.05, 4.69) is 25.5 Å². The van der Waals surface area contributed by atoms with Crippen molar-refractivity contribution in [2.75, 3.05) is 44.9 Å². The first-order valence-electron chi connectivity index (χ1n) is 7.85. The molecule has 2 N–H and O–H groups in total. The van der Waals surface area contributed by atoms with Crippen LogP contribution in [0.5, 0.6) is 5.75 Å². The Kier molecular flexibility index (Phi) is 6.97. The number of anilines is 2. The van der Waals surface area contributed by atoms with Crippen LogP contribution in [0, 0.1) is 0 Å². The van der Waals surface area contributed by atoms with Gasteiger partial charge in [-0.2, -0.15) is 0 Å². The van der Waals surface area contributed by atoms with Crippen molar-refractivity contribution in [3.8, 4) is 5.75 Å². The summed E-state index contributed by atoms with van der Waals surface area (Å²) in [7, 11) is 5.58. The van der Waals surface area contributed by atoms with Gasteiger partial charge in [0.1, 0.15) is 5.75 Å². The summed E-state index contributed by atoms with van der Waals surface area (Å²) < 4.78 is 5.21. The molecule has 0 unspecified atom stereocenters. The number of rotatable bonds is 8. The maximum Gasteiger partial charge on any atom is 0.258 e. The lowest BCUT2D eigenvalue weighted by Gasteiger charge is -2.11. The molecule has 25 heavy (non-hydrogen) atoms. The summed E-state index contributed by atoms with van der Waals surface area (Å²) >= 11 is 5.96. The van der Waals surface area contributed by atoms with E-state index in [9.17, 15) is 4.79 Å². The zero-order chi connectivity index (χ0) is 18.2. The van der Waals surface area contributed by atoms with Crippen molar-refractivity contribution < 1.29 is 9.53 Å². The van der Waals surface area contributed by atoms with E-state index in [1.54, 1.807) is 18.2 Å². The van der Waals surface area contributed by atoms with Gasteiger partial charge in [-0.15, -0.1) is 0 Å². The normalized spacial score (nSPS) is 10.6. The molecule has 1 aromatic carbocycles. The number of hydrogen-bond donors (Lipinski definition) is 2. The van der Waals surface area contributed by atoms with E-state index >= 15 is 0 Å². The van der Waals surface area contributed by atoms with Crippen molar-refractivity contribution in [3.63, 3.8) is 0 Å². The minimum atomic E-state index is -0.334. The fraction of sp³-hybridized carbons (Fsp3) is 0.353. The second-order valence-corrected chi connectivity index (χ2v) is 6.11. The predicted octanol–water partition coefficient (Wildman–Crippen LogP) is 2.75. The Morgan fingerprint density at radius 1 is 1.28 bits per heavy atom. The molecule has 2 rings (SSSR count). The molecule has 0 fully saturated rings. The maximum absolute atomic E-state index is 12.3. The van der Waals surface area contributed by atoms with Crippen LogP contribution >= 0.6 is 11.6 Å². The average Bonchev–Trinajstić information content (AvgIpc) is 2.59. The Labute approximate surface area is 152 Å². The zero-order valence-electron chi connectivity index (χ0n) is 14.5. The molecule has 0 spiro atoms. The van der Waals surface area contributed by atoms with Crippen molar-refractivity contribution in [1.29, 1.82) is 0 Å². The monoisotopic (exact) mass is 363 g/mol. The van der Waals surface area contributed by atoms with E-state index < -0.39 is 0 Å². The summed E-state index contributed by atoms with van der Waals surface area (Å²) in [5.74, 6) is 0.688. The first-order valence-corrected chi connectivity index (χ1v) is 8.23. The largest absolute Gasteiger partial charge is 0.495 e. The van der Waals surface area contributed by atoms with Gasteiger partial charge in [0.15, 0.2) is 0 Å². The summed E-state index contributed by atoms with van der Waals surface area (Å²) in [6, 6.07) is 5.00. The van der Waals surface area contributed by atoms with Crippen LogP contribution in [0.2, 0.25) is 5.02 Å². The van der Waals surface area contributed by atoms with Crippen LogP contribution in [-0.2, 0) is 0 Å². The highest BCUT2D eigenvalue weighted by Crippen LogP contribution is 2.28. The molecule has 0 aliphatic heterocycles. The van der Waals surface area contributed by atoms with E-state index in [1.165, 1.54) is 19.5 Å². The summed E-state index contributed by atoms with van der Waals surface area (Å²) in [6.45, 7) is 1.75. The summed E-state index contributed by atoms with van der Waals surface area (Å²) in [5.41, 5.74) is 0.840. The number of amides is 1. The number of ether oxygens (including phenoxy) is 1. The van der Waals surface area contributed by atoms with Crippen molar-refractivity contribution in [2.24, 2.45) is 0 Å². The molecule has 0 atom stereocenters. The van der Waals surface area contributed by atoms with Crippen molar-refractivity contribution in [1.82, 2.24) is 14.9 Å². The van der Waals surface area contributed by atoms with Gasteiger partial charge in [-0.1, -0.05) is 11.6 Å². The standard InChI is InChI=1S/C17H22ClN5O2/c1-23(2)8-4-7-19-17-20-10-12(11-21-17)16(24)22-14-9-13(18)5-6-15(14)25-3/h5-6,9-11H,4,7-8H2,1-3H3,(H,22,24)(H,19,20,21). The molecule has 0 bridgehead atoms. The number of carbonyl (C=O) groups is 1. The third-order valence-electron chi connectivity index (χ3n) is 3.39. The number of benzene rings is 1. The second kappa shape index (κ2) is 9.19. The number of hydrogen-bond acceptors (Lipinski definition) is 6. The molecular formula is C17H22ClN5O2. The van der Waals surface area contributed by atoms with Crippen LogP contribution in [0.3, 0.4) is 0 Å². The van der Waals surface area contributed by atoms with Gasteiger partial charge in [0.05, 0.1) is 18.4 Å². The summed E-state index contributed by atoms with van der Waals surface area (Å²) in [4.78, 5) is 22.8. The van der Waals surface area contributed by atoms with Gasteiger partial charge in [-0.25, -0.2) is 9.97 Å². The Balaban J connectivity index is 1.95. The molecule has 1 aromatic heterocycles. The highest BCUT2D eigenvalue weighted by atomic mass is 35.5. The molecule has 0 aliphatic carbocycles.